The van der Waals surface area contributed by atoms with Gasteiger partial charge in [-0.3, -0.25) is 4.90 Å². The summed E-state index contributed by atoms with van der Waals surface area (Å²) >= 11 is 3.63. The van der Waals surface area contributed by atoms with Crippen LogP contribution in [-0.4, -0.2) is 29.4 Å². The first-order chi connectivity index (χ1) is 8.85. The Morgan fingerprint density at radius 2 is 2.06 bits per heavy atom. The first-order valence-electron chi connectivity index (χ1n) is 6.57. The molecule has 1 fully saturated rings. The molecule has 2 nitrogen and oxygen atoms in total. The van der Waals surface area contributed by atoms with E-state index in [1.54, 1.807) is 0 Å². The molecule has 1 saturated carbocycles. The number of rotatable bonds is 7. The zero-order valence-electron chi connectivity index (χ0n) is 10.6. The quantitative estimate of drug-likeness (QED) is 0.720. The van der Waals surface area contributed by atoms with E-state index in [1.165, 1.54) is 18.4 Å². The van der Waals surface area contributed by atoms with Crippen LogP contribution >= 0.6 is 15.9 Å². The van der Waals surface area contributed by atoms with Crippen molar-refractivity contribution in [3.05, 3.63) is 35.9 Å². The fourth-order valence-electron chi connectivity index (χ4n) is 2.31. The first-order valence-corrected chi connectivity index (χ1v) is 7.69. The summed E-state index contributed by atoms with van der Waals surface area (Å²) in [6.45, 7) is 1.97. The molecule has 18 heavy (non-hydrogen) atoms. The van der Waals surface area contributed by atoms with Crippen molar-refractivity contribution in [2.45, 2.75) is 31.2 Å². The zero-order valence-corrected chi connectivity index (χ0v) is 12.1. The number of alkyl halides is 1. The topological polar surface area (TPSA) is 27.0 Å². The fourth-order valence-corrected chi connectivity index (χ4v) is 2.89. The summed E-state index contributed by atoms with van der Waals surface area (Å²) in [7, 11) is 0. The molecule has 0 aliphatic heterocycles. The summed E-state index contributed by atoms with van der Waals surface area (Å²) < 4.78 is 0. The summed E-state index contributed by atoms with van der Waals surface area (Å²) in [6.07, 6.45) is 3.24. The predicted octanol–water partition coefficient (Wildman–Crippen LogP) is 3.54. The summed E-state index contributed by atoms with van der Waals surface area (Å²) in [5, 5.41) is 9.72. The highest BCUT2D eigenvalue weighted by Crippen LogP contribution is 2.30. The zero-order chi connectivity index (χ0) is 12.8. The van der Waals surface area contributed by atoms with E-state index in [4.69, 9.17) is 5.26 Å². The van der Waals surface area contributed by atoms with Crippen molar-refractivity contribution in [1.82, 2.24) is 4.90 Å². The van der Waals surface area contributed by atoms with Crippen molar-refractivity contribution in [2.75, 3.05) is 18.4 Å². The number of hydrogen-bond acceptors (Lipinski definition) is 2. The van der Waals surface area contributed by atoms with Crippen molar-refractivity contribution < 1.29 is 0 Å². The molecule has 0 saturated heterocycles. The number of nitrogens with zero attached hydrogens (tertiary/aromatic N) is 2. The second kappa shape index (κ2) is 6.92. The molecule has 1 atom stereocenters. The first kappa shape index (κ1) is 13.6. The Bertz CT molecular complexity index is 395. The van der Waals surface area contributed by atoms with Gasteiger partial charge in [-0.25, -0.2) is 0 Å². The van der Waals surface area contributed by atoms with Gasteiger partial charge in [0.05, 0.1) is 6.07 Å². The second-order valence-electron chi connectivity index (χ2n) is 4.90. The van der Waals surface area contributed by atoms with Crippen molar-refractivity contribution in [2.24, 2.45) is 0 Å². The molecule has 0 radical (unpaired) electrons. The Hall–Kier alpha value is -0.850. The molecule has 1 unspecified atom stereocenters. The molecule has 1 aliphatic carbocycles. The lowest BCUT2D eigenvalue weighted by Crippen LogP contribution is -2.32. The van der Waals surface area contributed by atoms with E-state index in [0.29, 0.717) is 12.3 Å². The molecule has 3 heteroatoms. The fraction of sp³-hybridized carbons (Fsp3) is 0.533. The van der Waals surface area contributed by atoms with E-state index in [2.05, 4.69) is 57.2 Å². The number of benzene rings is 1. The third-order valence-corrected chi connectivity index (χ3v) is 4.27. The molecule has 0 aromatic heterocycles. The van der Waals surface area contributed by atoms with Crippen LogP contribution in [0.3, 0.4) is 0 Å². The van der Waals surface area contributed by atoms with Gasteiger partial charge in [0.25, 0.3) is 0 Å². The van der Waals surface area contributed by atoms with E-state index >= 15 is 0 Å². The van der Waals surface area contributed by atoms with E-state index in [0.717, 1.165) is 24.5 Å². The third-order valence-electron chi connectivity index (χ3n) is 3.49. The van der Waals surface area contributed by atoms with Gasteiger partial charge in [0.15, 0.2) is 0 Å². The maximum atomic E-state index is 8.74. The SMILES string of the molecule is N#CCCN(CC(CBr)c1ccccc1)C1CC1. The molecule has 0 heterocycles. The van der Waals surface area contributed by atoms with Gasteiger partial charge < -0.3 is 0 Å². The highest BCUT2D eigenvalue weighted by molar-refractivity contribution is 9.09. The van der Waals surface area contributed by atoms with Crippen LogP contribution in [0.2, 0.25) is 0 Å². The Morgan fingerprint density at radius 3 is 2.61 bits per heavy atom. The summed E-state index contributed by atoms with van der Waals surface area (Å²) in [5.41, 5.74) is 1.39. The lowest BCUT2D eigenvalue weighted by molar-refractivity contribution is 0.258. The van der Waals surface area contributed by atoms with Crippen LogP contribution in [-0.2, 0) is 0 Å². The lowest BCUT2D eigenvalue weighted by atomic mass is 10.0. The summed E-state index contributed by atoms with van der Waals surface area (Å²) in [4.78, 5) is 2.49. The highest BCUT2D eigenvalue weighted by Gasteiger charge is 2.30. The number of halogens is 1. The smallest absolute Gasteiger partial charge is 0.0635 e. The second-order valence-corrected chi connectivity index (χ2v) is 5.54. The van der Waals surface area contributed by atoms with Crippen molar-refractivity contribution in [3.8, 4) is 6.07 Å². The molecule has 0 spiro atoms. The molecule has 2 rings (SSSR count). The molecule has 0 bridgehead atoms. The molecular weight excluding hydrogens is 288 g/mol. The molecule has 1 aliphatic rings. The summed E-state index contributed by atoms with van der Waals surface area (Å²) in [6, 6.07) is 13.6. The third kappa shape index (κ3) is 3.83. The average molecular weight is 307 g/mol. The highest BCUT2D eigenvalue weighted by atomic mass is 79.9. The van der Waals surface area contributed by atoms with Crippen molar-refractivity contribution >= 4 is 15.9 Å². The lowest BCUT2D eigenvalue weighted by Gasteiger charge is -2.26. The van der Waals surface area contributed by atoms with Crippen LogP contribution < -0.4 is 0 Å². The number of nitriles is 1. The predicted molar refractivity (Wildman–Crippen MR) is 77.8 cm³/mol. The monoisotopic (exact) mass is 306 g/mol. The van der Waals surface area contributed by atoms with Gasteiger partial charge in [-0.05, 0) is 18.4 Å². The number of hydrogen-bond donors (Lipinski definition) is 0. The van der Waals surface area contributed by atoms with Crippen LogP contribution in [0.1, 0.15) is 30.7 Å². The van der Waals surface area contributed by atoms with Gasteiger partial charge in [0.1, 0.15) is 0 Å². The minimum Gasteiger partial charge on any atom is -0.299 e. The summed E-state index contributed by atoms with van der Waals surface area (Å²) in [5.74, 6) is 0.519. The maximum Gasteiger partial charge on any atom is 0.0635 e. The van der Waals surface area contributed by atoms with Gasteiger partial charge in [-0.2, -0.15) is 5.26 Å². The molecule has 96 valence electrons. The largest absolute Gasteiger partial charge is 0.299 e. The van der Waals surface area contributed by atoms with Crippen LogP contribution in [0.25, 0.3) is 0 Å². The molecule has 1 aromatic carbocycles. The Balaban J connectivity index is 1.97. The van der Waals surface area contributed by atoms with Gasteiger partial charge in [0.2, 0.25) is 0 Å². The molecule has 0 N–H and O–H groups in total. The van der Waals surface area contributed by atoms with Crippen molar-refractivity contribution in [1.29, 1.82) is 5.26 Å². The normalized spacial score (nSPS) is 16.5. The van der Waals surface area contributed by atoms with E-state index in [1.807, 2.05) is 0 Å². The Labute approximate surface area is 118 Å². The van der Waals surface area contributed by atoms with E-state index in [-0.39, 0.29) is 0 Å². The standard InChI is InChI=1S/C15H19BrN2/c16-11-14(13-5-2-1-3-6-13)12-18(10-4-9-17)15-7-8-15/h1-3,5-6,14-15H,4,7-8,10-12H2. The molecule has 0 amide bonds. The molecular formula is C15H19BrN2. The van der Waals surface area contributed by atoms with E-state index < -0.39 is 0 Å². The minimum atomic E-state index is 0.519. The van der Waals surface area contributed by atoms with Gasteiger partial charge in [-0.15, -0.1) is 0 Å². The minimum absolute atomic E-state index is 0.519. The van der Waals surface area contributed by atoms with Crippen LogP contribution in [0.5, 0.6) is 0 Å². The van der Waals surface area contributed by atoms with E-state index in [9.17, 15) is 0 Å². The molecule has 1 aromatic rings. The van der Waals surface area contributed by atoms with Gasteiger partial charge in [0, 0.05) is 36.8 Å². The Kier molecular flexibility index (Phi) is 5.22. The van der Waals surface area contributed by atoms with Crippen LogP contribution in [0.15, 0.2) is 30.3 Å². The Morgan fingerprint density at radius 1 is 1.33 bits per heavy atom. The van der Waals surface area contributed by atoms with Crippen LogP contribution in [0.4, 0.5) is 0 Å². The van der Waals surface area contributed by atoms with Crippen LogP contribution in [0, 0.1) is 11.3 Å². The van der Waals surface area contributed by atoms with Crippen molar-refractivity contribution in [3.63, 3.8) is 0 Å². The van der Waals surface area contributed by atoms with Gasteiger partial charge in [-0.1, -0.05) is 46.3 Å². The maximum absolute atomic E-state index is 8.74. The average Bonchev–Trinajstić information content (AvgIpc) is 3.25. The van der Waals surface area contributed by atoms with Gasteiger partial charge >= 0.3 is 0 Å².